The maximum atomic E-state index is 10.5. The molecule has 0 aliphatic carbocycles. The number of hydrazone groups is 1. The molecule has 0 saturated heterocycles. The molecule has 0 aromatic heterocycles. The molecule has 0 fully saturated rings. The Bertz CT molecular complexity index is 188. The lowest BCUT2D eigenvalue weighted by molar-refractivity contribution is -0.541. The molecule has 0 atom stereocenters. The zero-order valence-electron chi connectivity index (χ0n) is 5.06. The van der Waals surface area contributed by atoms with Gasteiger partial charge in [0.05, 0.1) is 11.1 Å². The number of nitroso groups, excluding NO2 is 1. The third-order valence-corrected chi connectivity index (χ3v) is 0.855. The first kappa shape index (κ1) is 8.97. The Balaban J connectivity index is 0.000000810. The third-order valence-electron chi connectivity index (χ3n) is 0.855. The fraction of sp³-hybridized carbons (Fsp3) is 0.200. The lowest BCUT2D eigenvalue weighted by Gasteiger charge is -1.74. The second-order valence-electron chi connectivity index (χ2n) is 1.60. The molecule has 0 N–H and O–H groups in total. The molecule has 54 valence electrons. The second-order valence-corrected chi connectivity index (χ2v) is 1.60. The number of ketones is 1. The standard InChI is InChI=1S/C5H5N2O2.ClH/c8-5-2-1-3-6-7(9)4-5;/h1-3H,4H2;1H/q+1;. The van der Waals surface area contributed by atoms with Crippen LogP contribution in [0.15, 0.2) is 17.3 Å². The van der Waals surface area contributed by atoms with E-state index >= 15 is 0 Å². The Morgan fingerprint density at radius 3 is 3.00 bits per heavy atom. The lowest BCUT2D eigenvalue weighted by Crippen LogP contribution is -2.09. The maximum Gasteiger partial charge on any atom is 0.289 e. The van der Waals surface area contributed by atoms with Crippen molar-refractivity contribution >= 4 is 24.4 Å². The quantitative estimate of drug-likeness (QED) is 0.480. The van der Waals surface area contributed by atoms with E-state index in [1.807, 2.05) is 0 Å². The van der Waals surface area contributed by atoms with Crippen LogP contribution in [0.3, 0.4) is 0 Å². The van der Waals surface area contributed by atoms with E-state index in [9.17, 15) is 9.70 Å². The summed E-state index contributed by atoms with van der Waals surface area (Å²) in [6, 6.07) is 0. The Hall–Kier alpha value is -1.03. The van der Waals surface area contributed by atoms with E-state index in [1.165, 1.54) is 18.4 Å². The lowest BCUT2D eigenvalue weighted by atomic mass is 10.4. The Morgan fingerprint density at radius 2 is 2.30 bits per heavy atom. The van der Waals surface area contributed by atoms with Crippen molar-refractivity contribution in [2.75, 3.05) is 6.54 Å². The zero-order chi connectivity index (χ0) is 6.69. The number of allylic oxidation sites excluding steroid dienone is 1. The van der Waals surface area contributed by atoms with Crippen molar-refractivity contribution in [1.82, 2.24) is 0 Å². The van der Waals surface area contributed by atoms with Gasteiger partial charge in [-0.15, -0.1) is 12.4 Å². The number of carbonyl (C=O) groups excluding carboxylic acids is 1. The first-order valence-corrected chi connectivity index (χ1v) is 2.47. The fourth-order valence-electron chi connectivity index (χ4n) is 0.490. The molecule has 0 aromatic carbocycles. The minimum atomic E-state index is -0.220. The van der Waals surface area contributed by atoms with E-state index in [2.05, 4.69) is 5.10 Å². The minimum Gasteiger partial charge on any atom is -0.287 e. The molecule has 10 heavy (non-hydrogen) atoms. The number of carbonyl (C=O) groups is 1. The van der Waals surface area contributed by atoms with E-state index < -0.39 is 0 Å². The van der Waals surface area contributed by atoms with Gasteiger partial charge in [0.15, 0.2) is 4.87 Å². The van der Waals surface area contributed by atoms with Gasteiger partial charge in [-0.05, 0) is 12.2 Å². The molecule has 0 aromatic rings. The smallest absolute Gasteiger partial charge is 0.287 e. The van der Waals surface area contributed by atoms with Gasteiger partial charge < -0.3 is 0 Å². The second kappa shape index (κ2) is 3.90. The molecular formula is C5H6ClN2O2+. The number of halogens is 1. The molecule has 0 unspecified atom stereocenters. The van der Waals surface area contributed by atoms with E-state index in [-0.39, 0.29) is 24.7 Å². The van der Waals surface area contributed by atoms with Crippen molar-refractivity contribution in [2.45, 2.75) is 0 Å². The Kier molecular flexibility index (Phi) is 3.49. The summed E-state index contributed by atoms with van der Waals surface area (Å²) in [5.74, 6) is -0.220. The van der Waals surface area contributed by atoms with Crippen LogP contribution in [0.4, 0.5) is 0 Å². The van der Waals surface area contributed by atoms with Gasteiger partial charge in [0.1, 0.15) is 0 Å². The molecule has 1 rings (SSSR count). The highest BCUT2D eigenvalue weighted by molar-refractivity contribution is 5.94. The molecule has 1 aliphatic rings. The number of nitrogens with zero attached hydrogens (tertiary/aromatic N) is 2. The van der Waals surface area contributed by atoms with Crippen molar-refractivity contribution in [3.63, 3.8) is 0 Å². The molecule has 0 amide bonds. The fourth-order valence-corrected chi connectivity index (χ4v) is 0.490. The van der Waals surface area contributed by atoms with Gasteiger partial charge in [-0.3, -0.25) is 4.79 Å². The summed E-state index contributed by atoms with van der Waals surface area (Å²) in [5.41, 5.74) is 0. The highest BCUT2D eigenvalue weighted by atomic mass is 35.5. The summed E-state index contributed by atoms with van der Waals surface area (Å²) >= 11 is 0. The average molecular weight is 162 g/mol. The number of hydrogen-bond acceptors (Lipinski definition) is 2. The van der Waals surface area contributed by atoms with Crippen LogP contribution in [0.5, 0.6) is 0 Å². The molecule has 5 heteroatoms. The van der Waals surface area contributed by atoms with Gasteiger partial charge in [0.25, 0.3) is 6.54 Å². The molecule has 1 aliphatic heterocycles. The highest BCUT2D eigenvalue weighted by Gasteiger charge is 2.12. The van der Waals surface area contributed by atoms with Crippen LogP contribution in [-0.2, 0) is 4.79 Å². The molecule has 4 nitrogen and oxygen atoms in total. The highest BCUT2D eigenvalue weighted by Crippen LogP contribution is 1.84. The topological polar surface area (TPSA) is 49.5 Å². The molecule has 0 spiro atoms. The zero-order valence-corrected chi connectivity index (χ0v) is 5.87. The first-order chi connectivity index (χ1) is 4.29. The van der Waals surface area contributed by atoms with E-state index in [4.69, 9.17) is 0 Å². The van der Waals surface area contributed by atoms with E-state index in [0.29, 0.717) is 4.87 Å². The normalized spacial score (nSPS) is 16.4. The summed E-state index contributed by atoms with van der Waals surface area (Å²) in [6.45, 7) is -0.174. The van der Waals surface area contributed by atoms with Crippen LogP contribution in [0.25, 0.3) is 0 Å². The summed E-state index contributed by atoms with van der Waals surface area (Å²) < 4.78 is 0. The van der Waals surface area contributed by atoms with Gasteiger partial charge in [-0.2, -0.15) is 0 Å². The van der Waals surface area contributed by atoms with Gasteiger partial charge >= 0.3 is 0 Å². The van der Waals surface area contributed by atoms with Crippen molar-refractivity contribution in [2.24, 2.45) is 5.10 Å². The Morgan fingerprint density at radius 1 is 1.60 bits per heavy atom. The average Bonchev–Trinajstić information content (AvgIpc) is 1.93. The van der Waals surface area contributed by atoms with Gasteiger partial charge in [-0.1, -0.05) is 0 Å². The van der Waals surface area contributed by atoms with Crippen molar-refractivity contribution < 1.29 is 9.66 Å². The van der Waals surface area contributed by atoms with Crippen LogP contribution in [-0.4, -0.2) is 23.4 Å². The largest absolute Gasteiger partial charge is 0.289 e. The van der Waals surface area contributed by atoms with Crippen molar-refractivity contribution in [1.29, 1.82) is 0 Å². The SMILES string of the molecule is Cl.O=C1C=CC=N[N+](=O)C1. The summed E-state index contributed by atoms with van der Waals surface area (Å²) in [7, 11) is 0. The van der Waals surface area contributed by atoms with Crippen molar-refractivity contribution in [3.05, 3.63) is 17.1 Å². The molecule has 0 saturated carbocycles. The van der Waals surface area contributed by atoms with E-state index in [1.54, 1.807) is 0 Å². The van der Waals surface area contributed by atoms with Gasteiger partial charge in [0, 0.05) is 5.10 Å². The number of hydrogen-bond donors (Lipinski definition) is 0. The van der Waals surface area contributed by atoms with Crippen LogP contribution in [0.1, 0.15) is 0 Å². The molecule has 0 radical (unpaired) electrons. The monoisotopic (exact) mass is 161 g/mol. The maximum absolute atomic E-state index is 10.5. The minimum absolute atomic E-state index is 0. The summed E-state index contributed by atoms with van der Waals surface area (Å²) in [4.78, 5) is 21.2. The Labute approximate surface area is 63.6 Å². The summed E-state index contributed by atoms with van der Waals surface area (Å²) in [6.07, 6.45) is 4.06. The van der Waals surface area contributed by atoms with Crippen molar-refractivity contribution in [3.8, 4) is 0 Å². The third kappa shape index (κ3) is 2.50. The summed E-state index contributed by atoms with van der Waals surface area (Å²) in [5, 5.41) is 3.32. The number of rotatable bonds is 0. The molecule has 0 bridgehead atoms. The predicted molar refractivity (Wildman–Crippen MR) is 38.4 cm³/mol. The van der Waals surface area contributed by atoms with Gasteiger partial charge in [0.2, 0.25) is 5.78 Å². The van der Waals surface area contributed by atoms with Crippen LogP contribution in [0.2, 0.25) is 0 Å². The molecular weight excluding hydrogens is 156 g/mol. The van der Waals surface area contributed by atoms with Crippen LogP contribution < -0.4 is 0 Å². The predicted octanol–water partition coefficient (Wildman–Crippen LogP) is 0.312. The molecule has 1 heterocycles. The van der Waals surface area contributed by atoms with E-state index in [0.717, 1.165) is 0 Å². The van der Waals surface area contributed by atoms with Crippen LogP contribution in [0, 0.1) is 4.91 Å². The first-order valence-electron chi connectivity index (χ1n) is 2.47. The van der Waals surface area contributed by atoms with Crippen LogP contribution >= 0.6 is 12.4 Å². The van der Waals surface area contributed by atoms with Gasteiger partial charge in [-0.25, -0.2) is 0 Å².